The van der Waals surface area contributed by atoms with E-state index in [2.05, 4.69) is 25.4 Å². The Morgan fingerprint density at radius 2 is 2.50 bits per heavy atom. The van der Waals surface area contributed by atoms with Crippen molar-refractivity contribution in [1.29, 1.82) is 0 Å². The van der Waals surface area contributed by atoms with Crippen LogP contribution in [0.2, 0.25) is 0 Å². The van der Waals surface area contributed by atoms with Gasteiger partial charge in [-0.15, -0.1) is 10.2 Å². The second-order valence-electron chi connectivity index (χ2n) is 4.31. The number of nitrogens with one attached hydrogen (secondary N) is 1. The van der Waals surface area contributed by atoms with Crippen LogP contribution in [0.4, 0.5) is 5.82 Å². The molecule has 0 bridgehead atoms. The average molecular weight is 248 g/mol. The molecular weight excluding hydrogens is 232 g/mol. The predicted octanol–water partition coefficient (Wildman–Crippen LogP) is -0.451. The first-order chi connectivity index (χ1) is 8.88. The first-order valence-corrected chi connectivity index (χ1v) is 6.04. The van der Waals surface area contributed by atoms with Crippen LogP contribution < -0.4 is 10.2 Å². The summed E-state index contributed by atoms with van der Waals surface area (Å²) in [6, 6.07) is 0. The van der Waals surface area contributed by atoms with Crippen molar-refractivity contribution in [3.8, 4) is 0 Å². The third-order valence-corrected chi connectivity index (χ3v) is 3.07. The van der Waals surface area contributed by atoms with Crippen LogP contribution in [-0.4, -0.2) is 59.0 Å². The zero-order chi connectivity index (χ0) is 12.4. The minimum absolute atomic E-state index is 0.189. The van der Waals surface area contributed by atoms with Gasteiger partial charge in [0.05, 0.1) is 12.7 Å². The molecule has 96 valence electrons. The van der Waals surface area contributed by atoms with Crippen LogP contribution in [0.5, 0.6) is 0 Å². The Kier molecular flexibility index (Phi) is 3.07. The molecule has 2 aromatic rings. The molecule has 3 heterocycles. The average Bonchev–Trinajstić information content (AvgIpc) is 2.87. The number of ether oxygens (including phenoxy) is 1. The first-order valence-electron chi connectivity index (χ1n) is 6.04. The lowest BCUT2D eigenvalue weighted by atomic mass is 10.2. The third kappa shape index (κ3) is 2.02. The highest BCUT2D eigenvalue weighted by Crippen LogP contribution is 2.18. The lowest BCUT2D eigenvalue weighted by Gasteiger charge is -2.33. The highest BCUT2D eigenvalue weighted by atomic mass is 16.5. The summed E-state index contributed by atoms with van der Waals surface area (Å²) in [7, 11) is 1.93. The van der Waals surface area contributed by atoms with Gasteiger partial charge < -0.3 is 15.0 Å². The fourth-order valence-electron chi connectivity index (χ4n) is 2.23. The minimum atomic E-state index is 0.189. The molecule has 1 N–H and O–H groups in total. The monoisotopic (exact) mass is 248 g/mol. The molecule has 1 fully saturated rings. The fraction of sp³-hybridized carbons (Fsp3) is 0.545. The molecule has 7 heteroatoms. The molecular formula is C11H16N6O. The van der Waals surface area contributed by atoms with Gasteiger partial charge in [0.25, 0.3) is 0 Å². The Morgan fingerprint density at radius 3 is 3.39 bits per heavy atom. The van der Waals surface area contributed by atoms with Crippen LogP contribution in [0.1, 0.15) is 0 Å². The molecule has 0 amide bonds. The zero-order valence-corrected chi connectivity index (χ0v) is 10.3. The van der Waals surface area contributed by atoms with E-state index in [4.69, 9.17) is 4.74 Å². The van der Waals surface area contributed by atoms with Crippen molar-refractivity contribution in [3.05, 3.63) is 18.7 Å². The normalized spacial score (nSPS) is 20.5. The van der Waals surface area contributed by atoms with Crippen molar-refractivity contribution < 1.29 is 4.74 Å². The van der Waals surface area contributed by atoms with Crippen molar-refractivity contribution >= 4 is 11.5 Å². The van der Waals surface area contributed by atoms with Crippen molar-refractivity contribution in [2.24, 2.45) is 0 Å². The lowest BCUT2D eigenvalue weighted by Crippen LogP contribution is -2.46. The molecule has 0 aliphatic carbocycles. The molecule has 1 atom stereocenters. The van der Waals surface area contributed by atoms with Gasteiger partial charge in [-0.1, -0.05) is 0 Å². The largest absolute Gasteiger partial charge is 0.373 e. The summed E-state index contributed by atoms with van der Waals surface area (Å²) >= 11 is 0. The Bertz CT molecular complexity index is 525. The topological polar surface area (TPSA) is 67.6 Å². The van der Waals surface area contributed by atoms with E-state index in [0.29, 0.717) is 6.61 Å². The van der Waals surface area contributed by atoms with Gasteiger partial charge in [0.15, 0.2) is 5.82 Å². The molecule has 1 unspecified atom stereocenters. The quantitative estimate of drug-likeness (QED) is 0.793. The number of morpholine rings is 1. The number of aromatic nitrogens is 4. The van der Waals surface area contributed by atoms with Gasteiger partial charge in [-0.25, -0.2) is 4.98 Å². The smallest absolute Gasteiger partial charge is 0.203 e. The van der Waals surface area contributed by atoms with Crippen LogP contribution in [0.3, 0.4) is 0 Å². The molecule has 1 saturated heterocycles. The van der Waals surface area contributed by atoms with E-state index in [0.717, 1.165) is 31.1 Å². The van der Waals surface area contributed by atoms with Crippen LogP contribution in [-0.2, 0) is 4.74 Å². The number of hydrogen-bond acceptors (Lipinski definition) is 6. The van der Waals surface area contributed by atoms with Gasteiger partial charge in [0.2, 0.25) is 5.65 Å². The van der Waals surface area contributed by atoms with Crippen molar-refractivity contribution in [3.63, 3.8) is 0 Å². The zero-order valence-electron chi connectivity index (χ0n) is 10.3. The minimum Gasteiger partial charge on any atom is -0.373 e. The van der Waals surface area contributed by atoms with Crippen molar-refractivity contribution in [2.75, 3.05) is 38.2 Å². The lowest BCUT2D eigenvalue weighted by molar-refractivity contribution is 0.0420. The number of nitrogens with zero attached hydrogens (tertiary/aromatic N) is 5. The van der Waals surface area contributed by atoms with E-state index in [1.54, 1.807) is 12.5 Å². The summed E-state index contributed by atoms with van der Waals surface area (Å²) in [6.07, 6.45) is 5.50. The Hall–Kier alpha value is -1.73. The van der Waals surface area contributed by atoms with Crippen LogP contribution in [0.15, 0.2) is 18.7 Å². The molecule has 18 heavy (non-hydrogen) atoms. The summed E-state index contributed by atoms with van der Waals surface area (Å²) < 4.78 is 7.57. The molecule has 0 aromatic carbocycles. The van der Waals surface area contributed by atoms with E-state index < -0.39 is 0 Å². The third-order valence-electron chi connectivity index (χ3n) is 3.07. The maximum atomic E-state index is 5.69. The molecule has 3 rings (SSSR count). The number of likely N-dealkylation sites (N-methyl/N-ethyl adjacent to an activating group) is 1. The Morgan fingerprint density at radius 1 is 1.56 bits per heavy atom. The van der Waals surface area contributed by atoms with E-state index in [1.165, 1.54) is 0 Å². The summed E-state index contributed by atoms with van der Waals surface area (Å²) in [4.78, 5) is 6.63. The van der Waals surface area contributed by atoms with Crippen LogP contribution in [0.25, 0.3) is 5.65 Å². The second kappa shape index (κ2) is 4.87. The predicted molar refractivity (Wildman–Crippen MR) is 66.7 cm³/mol. The standard InChI is InChI=1S/C11H16N6O/c1-12-6-9-7-16(4-5-18-9)10-11-15-14-8-17(11)3-2-13-10/h2-3,8-9,12H,4-7H2,1H3. The molecule has 1 aliphatic heterocycles. The van der Waals surface area contributed by atoms with Gasteiger partial charge >= 0.3 is 0 Å². The van der Waals surface area contributed by atoms with Gasteiger partial charge in [-0.3, -0.25) is 4.40 Å². The van der Waals surface area contributed by atoms with E-state index in [-0.39, 0.29) is 6.10 Å². The molecule has 0 saturated carbocycles. The van der Waals surface area contributed by atoms with E-state index in [1.807, 2.05) is 17.6 Å². The number of rotatable bonds is 3. The number of hydrogen-bond donors (Lipinski definition) is 1. The number of anilines is 1. The molecule has 7 nitrogen and oxygen atoms in total. The number of fused-ring (bicyclic) bond motifs is 1. The van der Waals surface area contributed by atoms with Gasteiger partial charge in [0, 0.05) is 32.0 Å². The summed E-state index contributed by atoms with van der Waals surface area (Å²) in [6.45, 7) is 3.20. The van der Waals surface area contributed by atoms with Gasteiger partial charge in [0.1, 0.15) is 6.33 Å². The maximum absolute atomic E-state index is 5.69. The maximum Gasteiger partial charge on any atom is 0.203 e. The van der Waals surface area contributed by atoms with Crippen LogP contribution >= 0.6 is 0 Å². The summed E-state index contributed by atoms with van der Waals surface area (Å²) in [5.41, 5.74) is 0.794. The molecule has 2 aromatic heterocycles. The van der Waals surface area contributed by atoms with Crippen molar-refractivity contribution in [1.82, 2.24) is 24.9 Å². The fourth-order valence-corrected chi connectivity index (χ4v) is 2.23. The van der Waals surface area contributed by atoms with E-state index in [9.17, 15) is 0 Å². The van der Waals surface area contributed by atoms with Gasteiger partial charge in [-0.05, 0) is 7.05 Å². The Balaban J connectivity index is 1.87. The molecule has 0 spiro atoms. The highest BCUT2D eigenvalue weighted by Gasteiger charge is 2.23. The van der Waals surface area contributed by atoms with Crippen LogP contribution in [0, 0.1) is 0 Å². The summed E-state index contributed by atoms with van der Waals surface area (Å²) in [5.74, 6) is 0.874. The second-order valence-corrected chi connectivity index (χ2v) is 4.31. The first kappa shape index (κ1) is 11.4. The molecule has 0 radical (unpaired) electrons. The van der Waals surface area contributed by atoms with Gasteiger partial charge in [-0.2, -0.15) is 0 Å². The SMILES string of the molecule is CNCC1CN(c2nccn3cnnc23)CCO1. The molecule has 1 aliphatic rings. The van der Waals surface area contributed by atoms with E-state index >= 15 is 0 Å². The summed E-state index contributed by atoms with van der Waals surface area (Å²) in [5, 5.41) is 11.2. The Labute approximate surface area is 105 Å². The highest BCUT2D eigenvalue weighted by molar-refractivity contribution is 5.63. The van der Waals surface area contributed by atoms with Crippen molar-refractivity contribution in [2.45, 2.75) is 6.10 Å².